The Bertz CT molecular complexity index is 2510. The summed E-state index contributed by atoms with van der Waals surface area (Å²) < 4.78 is 29.6. The zero-order valence-corrected chi connectivity index (χ0v) is 36.1. The van der Waals surface area contributed by atoms with Gasteiger partial charge in [-0.05, 0) is 93.7 Å². The monoisotopic (exact) mass is 836 g/mol. The van der Waals surface area contributed by atoms with Crippen molar-refractivity contribution >= 4 is 34.0 Å². The average Bonchev–Trinajstić information content (AvgIpc) is 4.10. The van der Waals surface area contributed by atoms with Gasteiger partial charge in [-0.1, -0.05) is 25.1 Å². The molecule has 1 aliphatic carbocycles. The molecule has 0 radical (unpaired) electrons. The molecule has 5 aromatic rings. The van der Waals surface area contributed by atoms with Crippen LogP contribution in [-0.2, 0) is 27.9 Å². The largest absolute Gasteiger partial charge is 0.392 e. The molecule has 1 saturated carbocycles. The maximum absolute atomic E-state index is 15.4. The van der Waals surface area contributed by atoms with Gasteiger partial charge in [0.2, 0.25) is 0 Å². The molecule has 1 atom stereocenters. The molecule has 1 unspecified atom stereocenters. The van der Waals surface area contributed by atoms with Crippen LogP contribution in [0.4, 0.5) is 21.7 Å². The van der Waals surface area contributed by atoms with E-state index in [0.717, 1.165) is 56.8 Å². The Morgan fingerprint density at radius 3 is 2.46 bits per heavy atom. The molecule has 1 amide bonds. The molecule has 7 rings (SSSR count). The number of carbonyl (C=O) groups is 1. The summed E-state index contributed by atoms with van der Waals surface area (Å²) in [4.78, 5) is 53.5. The standard InChI is InChI=1S/C46H57FN8O6/c1-29(27-61-45(2,3)28-49-44(59)46(4,5)60-7)24-53-17-19-54(20-18-53)33-13-14-39(48-23-33)51-41-43(58)52(6)25-37(50-41)34-9-8-10-38(35(34)26-56)55-16-15-31-21-32(30-11-12-30)22-36(47)40(31)42(55)57/h8-10,13-16,21-23,25,29-30,56H,11-12,17-20,24,26-28H2,1-7H3,(H,49,59)(H,48,50,51). The van der Waals surface area contributed by atoms with Crippen LogP contribution in [0.1, 0.15) is 64.5 Å². The summed E-state index contributed by atoms with van der Waals surface area (Å²) in [6.45, 7) is 14.4. The van der Waals surface area contributed by atoms with Crippen molar-refractivity contribution in [1.82, 2.24) is 29.3 Å². The summed E-state index contributed by atoms with van der Waals surface area (Å²) in [5, 5.41) is 17.2. The number of hydrogen-bond acceptors (Lipinski definition) is 11. The molecular formula is C46H57FN8O6. The second-order valence-corrected chi connectivity index (χ2v) is 17.5. The molecule has 61 heavy (non-hydrogen) atoms. The highest BCUT2D eigenvalue weighted by atomic mass is 19.1. The molecule has 15 heteroatoms. The molecule has 2 fully saturated rings. The molecule has 324 valence electrons. The fraction of sp³-hybridized carbons (Fsp3) is 0.457. The van der Waals surface area contributed by atoms with E-state index in [0.29, 0.717) is 58.7 Å². The number of rotatable bonds is 16. The summed E-state index contributed by atoms with van der Waals surface area (Å²) in [6, 6.07) is 14.0. The molecule has 14 nitrogen and oxygen atoms in total. The highest BCUT2D eigenvalue weighted by molar-refractivity contribution is 5.84. The fourth-order valence-electron chi connectivity index (χ4n) is 7.68. The normalized spacial score (nSPS) is 15.6. The van der Waals surface area contributed by atoms with E-state index in [1.807, 2.05) is 32.0 Å². The van der Waals surface area contributed by atoms with Crippen molar-refractivity contribution in [3.8, 4) is 16.9 Å². The Balaban J connectivity index is 0.982. The lowest BCUT2D eigenvalue weighted by Crippen LogP contribution is -2.50. The summed E-state index contributed by atoms with van der Waals surface area (Å²) >= 11 is 0. The minimum absolute atomic E-state index is 0.00531. The number of halogens is 1. The predicted molar refractivity (Wildman–Crippen MR) is 235 cm³/mol. The van der Waals surface area contributed by atoms with E-state index in [-0.39, 0.29) is 22.7 Å². The summed E-state index contributed by atoms with van der Waals surface area (Å²) in [7, 11) is 3.14. The third-order valence-electron chi connectivity index (χ3n) is 11.7. The first-order valence-electron chi connectivity index (χ1n) is 20.9. The van der Waals surface area contributed by atoms with E-state index < -0.39 is 29.2 Å². The number of piperazine rings is 1. The number of aromatic nitrogens is 4. The van der Waals surface area contributed by atoms with Crippen molar-refractivity contribution in [3.63, 3.8) is 0 Å². The van der Waals surface area contributed by atoms with E-state index in [4.69, 9.17) is 9.47 Å². The zero-order chi connectivity index (χ0) is 43.6. The fourth-order valence-corrected chi connectivity index (χ4v) is 7.68. The number of anilines is 3. The van der Waals surface area contributed by atoms with E-state index in [1.54, 1.807) is 63.8 Å². The van der Waals surface area contributed by atoms with Crippen LogP contribution >= 0.6 is 0 Å². The van der Waals surface area contributed by atoms with Gasteiger partial charge in [0.05, 0.1) is 47.5 Å². The SMILES string of the molecule is COC(C)(C)C(=O)NCC(C)(C)OCC(C)CN1CCN(c2ccc(Nc3nc(-c4cccc(-n5ccc6cc(C7CC7)cc(F)c6c5=O)c4CO)cn(C)c3=O)nc2)CC1. The van der Waals surface area contributed by atoms with Gasteiger partial charge in [0.25, 0.3) is 17.0 Å². The molecule has 2 aliphatic rings. The van der Waals surface area contributed by atoms with Crippen molar-refractivity contribution < 1.29 is 23.8 Å². The maximum atomic E-state index is 15.4. The third kappa shape index (κ3) is 9.86. The number of amides is 1. The van der Waals surface area contributed by atoms with Crippen molar-refractivity contribution in [2.24, 2.45) is 13.0 Å². The van der Waals surface area contributed by atoms with Gasteiger partial charge in [-0.25, -0.2) is 14.4 Å². The number of aliphatic hydroxyl groups is 1. The number of fused-ring (bicyclic) bond motifs is 1. The Labute approximate surface area is 355 Å². The number of nitrogens with one attached hydrogen (secondary N) is 2. The maximum Gasteiger partial charge on any atom is 0.293 e. The third-order valence-corrected chi connectivity index (χ3v) is 11.7. The van der Waals surface area contributed by atoms with Crippen molar-refractivity contribution in [3.05, 3.63) is 105 Å². The number of aryl methyl sites for hydroxylation is 1. The van der Waals surface area contributed by atoms with Crippen molar-refractivity contribution in [2.75, 3.05) is 63.2 Å². The van der Waals surface area contributed by atoms with E-state index in [1.165, 1.54) is 22.3 Å². The molecule has 0 bridgehead atoms. The lowest BCUT2D eigenvalue weighted by atomic mass is 10.0. The van der Waals surface area contributed by atoms with Crippen LogP contribution in [0.2, 0.25) is 0 Å². The number of carbonyl (C=O) groups excluding carboxylic acids is 1. The van der Waals surface area contributed by atoms with Gasteiger partial charge in [-0.2, -0.15) is 0 Å². The highest BCUT2D eigenvalue weighted by Crippen LogP contribution is 2.41. The van der Waals surface area contributed by atoms with E-state index in [2.05, 4.69) is 37.3 Å². The molecule has 3 aromatic heterocycles. The quantitative estimate of drug-likeness (QED) is 0.116. The van der Waals surface area contributed by atoms with Gasteiger partial charge >= 0.3 is 0 Å². The highest BCUT2D eigenvalue weighted by Gasteiger charge is 2.30. The minimum Gasteiger partial charge on any atom is -0.392 e. The van der Waals surface area contributed by atoms with Gasteiger partial charge in [0.15, 0.2) is 5.82 Å². The molecule has 4 heterocycles. The number of aliphatic hydroxyl groups excluding tert-OH is 1. The van der Waals surface area contributed by atoms with Crippen LogP contribution in [-0.4, -0.2) is 99.2 Å². The molecule has 3 N–H and O–H groups in total. The van der Waals surface area contributed by atoms with Gasteiger partial charge < -0.3 is 34.7 Å². The lowest BCUT2D eigenvalue weighted by Gasteiger charge is -2.37. The molecule has 1 saturated heterocycles. The number of hydrogen-bond donors (Lipinski definition) is 3. The van der Waals surface area contributed by atoms with Crippen LogP contribution in [0.5, 0.6) is 0 Å². The summed E-state index contributed by atoms with van der Waals surface area (Å²) in [5.74, 6) is 0.381. The average molecular weight is 837 g/mol. The summed E-state index contributed by atoms with van der Waals surface area (Å²) in [5.41, 5.74) is 1.23. The number of pyridine rings is 2. The van der Waals surface area contributed by atoms with Crippen molar-refractivity contribution in [1.29, 1.82) is 0 Å². The Hall–Kier alpha value is -5.48. The molecular weight excluding hydrogens is 780 g/mol. The van der Waals surface area contributed by atoms with Crippen LogP contribution in [0.3, 0.4) is 0 Å². The lowest BCUT2D eigenvalue weighted by molar-refractivity contribution is -0.141. The second kappa shape index (κ2) is 17.9. The molecule has 0 spiro atoms. The predicted octanol–water partition coefficient (Wildman–Crippen LogP) is 5.49. The smallest absolute Gasteiger partial charge is 0.293 e. The Morgan fingerprint density at radius 2 is 1.79 bits per heavy atom. The first-order valence-corrected chi connectivity index (χ1v) is 20.9. The van der Waals surface area contributed by atoms with E-state index in [9.17, 15) is 19.5 Å². The first-order chi connectivity index (χ1) is 29.1. The van der Waals surface area contributed by atoms with Gasteiger partial charge in [-0.15, -0.1) is 0 Å². The first kappa shape index (κ1) is 43.6. The second-order valence-electron chi connectivity index (χ2n) is 17.5. The van der Waals surface area contributed by atoms with Crippen LogP contribution in [0.25, 0.3) is 27.7 Å². The minimum atomic E-state index is -0.899. The van der Waals surface area contributed by atoms with Crippen molar-refractivity contribution in [2.45, 2.75) is 71.2 Å². The van der Waals surface area contributed by atoms with Gasteiger partial charge in [0, 0.05) is 76.9 Å². The van der Waals surface area contributed by atoms with Crippen LogP contribution in [0, 0.1) is 11.7 Å². The Morgan fingerprint density at radius 1 is 1.03 bits per heavy atom. The van der Waals surface area contributed by atoms with Crippen LogP contribution < -0.4 is 26.7 Å². The Kier molecular flexibility index (Phi) is 12.8. The number of methoxy groups -OCH3 is 1. The number of ether oxygens (including phenoxy) is 2. The van der Waals surface area contributed by atoms with Crippen LogP contribution in [0.15, 0.2) is 76.7 Å². The summed E-state index contributed by atoms with van der Waals surface area (Å²) in [6.07, 6.45) is 7.00. The van der Waals surface area contributed by atoms with Gasteiger partial charge in [0.1, 0.15) is 17.2 Å². The molecule has 2 aromatic carbocycles. The van der Waals surface area contributed by atoms with E-state index >= 15 is 4.39 Å². The van der Waals surface area contributed by atoms with Gasteiger partial charge in [-0.3, -0.25) is 23.9 Å². The number of benzene rings is 2. The number of nitrogens with zero attached hydrogens (tertiary/aromatic N) is 6. The molecule has 1 aliphatic heterocycles. The zero-order valence-electron chi connectivity index (χ0n) is 36.1. The topological polar surface area (TPSA) is 156 Å².